The molecule has 2 rings (SSSR count). The summed E-state index contributed by atoms with van der Waals surface area (Å²) in [7, 11) is 0. The van der Waals surface area contributed by atoms with Crippen LogP contribution in [0, 0.1) is 5.92 Å². The molecule has 1 aliphatic carbocycles. The van der Waals surface area contributed by atoms with Crippen LogP contribution in [0.1, 0.15) is 24.8 Å². The molecular formula is C11H11F3O. The van der Waals surface area contributed by atoms with Crippen LogP contribution in [0.5, 0.6) is 5.75 Å². The zero-order chi connectivity index (χ0) is 11.1. The lowest BCUT2D eigenvalue weighted by Gasteiger charge is -2.09. The Morgan fingerprint density at radius 3 is 2.53 bits per heavy atom. The van der Waals surface area contributed by atoms with Crippen molar-refractivity contribution in [1.29, 1.82) is 0 Å². The lowest BCUT2D eigenvalue weighted by molar-refractivity contribution is -0.274. The summed E-state index contributed by atoms with van der Waals surface area (Å²) < 4.78 is 39.7. The van der Waals surface area contributed by atoms with Gasteiger partial charge in [-0.25, -0.2) is 0 Å². The molecule has 0 saturated heterocycles. The molecule has 1 aliphatic rings. The van der Waals surface area contributed by atoms with Gasteiger partial charge < -0.3 is 4.74 Å². The molecule has 0 aliphatic heterocycles. The van der Waals surface area contributed by atoms with E-state index in [4.69, 9.17) is 0 Å². The number of rotatable bonds is 2. The van der Waals surface area contributed by atoms with Crippen molar-refractivity contribution in [1.82, 2.24) is 0 Å². The van der Waals surface area contributed by atoms with E-state index in [9.17, 15) is 13.2 Å². The molecule has 0 unspecified atom stereocenters. The molecule has 1 aromatic carbocycles. The minimum atomic E-state index is -4.60. The molecule has 1 nitrogen and oxygen atoms in total. The predicted molar refractivity (Wildman–Crippen MR) is 49.6 cm³/mol. The second-order valence-corrected chi connectivity index (χ2v) is 3.94. The molecule has 0 aromatic heterocycles. The summed E-state index contributed by atoms with van der Waals surface area (Å²) in [5.74, 6) is 0.854. The van der Waals surface area contributed by atoms with Gasteiger partial charge in [0.05, 0.1) is 0 Å². The highest BCUT2D eigenvalue weighted by Crippen LogP contribution is 2.47. The smallest absolute Gasteiger partial charge is 0.406 e. The Bertz CT molecular complexity index is 359. The molecule has 0 amide bonds. The van der Waals surface area contributed by atoms with Crippen molar-refractivity contribution >= 4 is 0 Å². The van der Waals surface area contributed by atoms with E-state index < -0.39 is 6.36 Å². The summed E-state index contributed by atoms with van der Waals surface area (Å²) in [6.45, 7) is 2.09. The molecule has 0 N–H and O–H groups in total. The van der Waals surface area contributed by atoms with Gasteiger partial charge in [0.15, 0.2) is 0 Å². The van der Waals surface area contributed by atoms with Gasteiger partial charge in [-0.1, -0.05) is 19.1 Å². The monoisotopic (exact) mass is 216 g/mol. The highest BCUT2D eigenvalue weighted by molar-refractivity contribution is 5.33. The average Bonchev–Trinajstić information content (AvgIpc) is 2.80. The molecule has 0 radical (unpaired) electrons. The normalized spacial score (nSPS) is 25.1. The summed E-state index contributed by atoms with van der Waals surface area (Å²) in [6, 6.07) is 6.24. The second-order valence-electron chi connectivity index (χ2n) is 3.94. The summed E-state index contributed by atoms with van der Waals surface area (Å²) in [6.07, 6.45) is -3.55. The Morgan fingerprint density at radius 2 is 2.00 bits per heavy atom. The van der Waals surface area contributed by atoms with Crippen molar-refractivity contribution < 1.29 is 17.9 Å². The van der Waals surface area contributed by atoms with Crippen LogP contribution < -0.4 is 4.74 Å². The molecule has 1 saturated carbocycles. The average molecular weight is 216 g/mol. The van der Waals surface area contributed by atoms with Crippen LogP contribution in [0.4, 0.5) is 13.2 Å². The van der Waals surface area contributed by atoms with Gasteiger partial charge in [-0.3, -0.25) is 0 Å². The maximum atomic E-state index is 11.9. The fraction of sp³-hybridized carbons (Fsp3) is 0.455. The largest absolute Gasteiger partial charge is 0.573 e. The summed E-state index contributed by atoms with van der Waals surface area (Å²) >= 11 is 0. The quantitative estimate of drug-likeness (QED) is 0.732. The van der Waals surface area contributed by atoms with Gasteiger partial charge in [-0.15, -0.1) is 13.2 Å². The SMILES string of the molecule is C[C@H]1C[C@@H]1c1cccc(OC(F)(F)F)c1. The molecule has 0 spiro atoms. The Hall–Kier alpha value is -1.19. The second kappa shape index (κ2) is 3.43. The minimum Gasteiger partial charge on any atom is -0.406 e. The van der Waals surface area contributed by atoms with E-state index in [2.05, 4.69) is 11.7 Å². The number of hydrogen-bond donors (Lipinski definition) is 0. The van der Waals surface area contributed by atoms with Gasteiger partial charge in [0, 0.05) is 0 Å². The zero-order valence-electron chi connectivity index (χ0n) is 8.21. The van der Waals surface area contributed by atoms with E-state index in [0.29, 0.717) is 11.8 Å². The maximum Gasteiger partial charge on any atom is 0.573 e. The Kier molecular flexibility index (Phi) is 2.37. The lowest BCUT2D eigenvalue weighted by atomic mass is 10.1. The Morgan fingerprint density at radius 1 is 1.33 bits per heavy atom. The van der Waals surface area contributed by atoms with Crippen LogP contribution in [0.25, 0.3) is 0 Å². The van der Waals surface area contributed by atoms with Gasteiger partial charge in [0.1, 0.15) is 5.75 Å². The molecule has 1 fully saturated rings. The van der Waals surface area contributed by atoms with Crippen molar-refractivity contribution in [3.63, 3.8) is 0 Å². The minimum absolute atomic E-state index is 0.126. The molecule has 1 aromatic rings. The summed E-state index contributed by atoms with van der Waals surface area (Å²) in [5.41, 5.74) is 0.934. The highest BCUT2D eigenvalue weighted by Gasteiger charge is 2.35. The third kappa shape index (κ3) is 2.64. The van der Waals surface area contributed by atoms with Crippen LogP contribution in [0.3, 0.4) is 0 Å². The first-order valence-corrected chi connectivity index (χ1v) is 4.81. The van der Waals surface area contributed by atoms with Crippen LogP contribution in [-0.4, -0.2) is 6.36 Å². The first-order chi connectivity index (χ1) is 6.96. The predicted octanol–water partition coefficient (Wildman–Crippen LogP) is 3.71. The van der Waals surface area contributed by atoms with Crippen LogP contribution in [-0.2, 0) is 0 Å². The summed E-state index contributed by atoms with van der Waals surface area (Å²) in [4.78, 5) is 0. The van der Waals surface area contributed by atoms with E-state index in [-0.39, 0.29) is 5.75 Å². The molecule has 82 valence electrons. The number of hydrogen-bond acceptors (Lipinski definition) is 1. The van der Waals surface area contributed by atoms with Crippen LogP contribution in [0.2, 0.25) is 0 Å². The van der Waals surface area contributed by atoms with Gasteiger partial charge in [0.25, 0.3) is 0 Å². The third-order valence-electron chi connectivity index (χ3n) is 2.63. The van der Waals surface area contributed by atoms with Crippen molar-refractivity contribution in [2.45, 2.75) is 25.6 Å². The van der Waals surface area contributed by atoms with Gasteiger partial charge in [0.2, 0.25) is 0 Å². The van der Waals surface area contributed by atoms with Gasteiger partial charge >= 0.3 is 6.36 Å². The van der Waals surface area contributed by atoms with Crippen molar-refractivity contribution in [2.24, 2.45) is 5.92 Å². The first kappa shape index (κ1) is 10.3. The molecule has 0 heterocycles. The Labute approximate surface area is 85.9 Å². The topological polar surface area (TPSA) is 9.23 Å². The number of benzene rings is 1. The number of halogens is 3. The summed E-state index contributed by atoms with van der Waals surface area (Å²) in [5, 5.41) is 0. The van der Waals surface area contributed by atoms with Crippen molar-refractivity contribution in [3.8, 4) is 5.75 Å². The van der Waals surface area contributed by atoms with E-state index in [0.717, 1.165) is 12.0 Å². The molecule has 4 heteroatoms. The fourth-order valence-electron chi connectivity index (χ4n) is 1.73. The van der Waals surface area contributed by atoms with Gasteiger partial charge in [-0.2, -0.15) is 0 Å². The fourth-order valence-corrected chi connectivity index (χ4v) is 1.73. The zero-order valence-corrected chi connectivity index (χ0v) is 8.21. The van der Waals surface area contributed by atoms with Crippen molar-refractivity contribution in [2.75, 3.05) is 0 Å². The highest BCUT2D eigenvalue weighted by atomic mass is 19.4. The molecule has 0 bridgehead atoms. The maximum absolute atomic E-state index is 11.9. The third-order valence-corrected chi connectivity index (χ3v) is 2.63. The van der Waals surface area contributed by atoms with Crippen molar-refractivity contribution in [3.05, 3.63) is 29.8 Å². The van der Waals surface area contributed by atoms with Crippen LogP contribution in [0.15, 0.2) is 24.3 Å². The van der Waals surface area contributed by atoms with E-state index in [1.165, 1.54) is 12.1 Å². The molecular weight excluding hydrogens is 205 g/mol. The molecule has 2 atom stereocenters. The standard InChI is InChI=1S/C11H11F3O/c1-7-5-10(7)8-3-2-4-9(6-8)15-11(12,13)14/h2-4,6-7,10H,5H2,1H3/t7-,10-/m0/s1. The Balaban J connectivity index is 2.13. The van der Waals surface area contributed by atoms with Crippen LogP contribution >= 0.6 is 0 Å². The first-order valence-electron chi connectivity index (χ1n) is 4.81. The van der Waals surface area contributed by atoms with E-state index >= 15 is 0 Å². The van der Waals surface area contributed by atoms with Gasteiger partial charge in [-0.05, 0) is 36.0 Å². The lowest BCUT2D eigenvalue weighted by Crippen LogP contribution is -2.17. The number of alkyl halides is 3. The van der Waals surface area contributed by atoms with E-state index in [1.807, 2.05) is 6.07 Å². The van der Waals surface area contributed by atoms with E-state index in [1.54, 1.807) is 6.07 Å². The molecule has 15 heavy (non-hydrogen) atoms. The number of ether oxygens (including phenoxy) is 1.